The van der Waals surface area contributed by atoms with Crippen molar-refractivity contribution in [2.45, 2.75) is 6.54 Å². The Balaban J connectivity index is 1.74. The predicted octanol–water partition coefficient (Wildman–Crippen LogP) is 3.13. The molecular weight excluding hydrogens is 403 g/mol. The van der Waals surface area contributed by atoms with Crippen molar-refractivity contribution in [2.24, 2.45) is 7.05 Å². The number of para-hydroxylation sites is 1. The number of nitrogens with one attached hydrogen (secondary N) is 1. The maximum atomic E-state index is 12.6. The Hall–Kier alpha value is -3.03. The van der Waals surface area contributed by atoms with Crippen molar-refractivity contribution in [1.82, 2.24) is 19.5 Å². The van der Waals surface area contributed by atoms with E-state index in [-0.39, 0.29) is 12.2 Å². The number of amides is 1. The Bertz CT molecular complexity index is 1310. The number of halogens is 2. The number of fused-ring (bicyclic) bond motifs is 3. The van der Waals surface area contributed by atoms with Gasteiger partial charge in [-0.25, -0.2) is 4.98 Å². The summed E-state index contributed by atoms with van der Waals surface area (Å²) in [5, 5.41) is 14.4. The zero-order valence-corrected chi connectivity index (χ0v) is 16.1. The molecule has 1 amide bonds. The van der Waals surface area contributed by atoms with Crippen LogP contribution in [0.4, 0.5) is 0 Å². The molecule has 0 aliphatic rings. The third-order valence-corrected chi connectivity index (χ3v) is 5.22. The average molecular weight is 417 g/mol. The van der Waals surface area contributed by atoms with E-state index in [1.54, 1.807) is 36.0 Å². The lowest BCUT2D eigenvalue weighted by molar-refractivity contribution is 0.0942. The van der Waals surface area contributed by atoms with Crippen LogP contribution < -0.4 is 10.9 Å². The van der Waals surface area contributed by atoms with Crippen LogP contribution in [0.1, 0.15) is 16.1 Å². The van der Waals surface area contributed by atoms with E-state index >= 15 is 0 Å². The lowest BCUT2D eigenvalue weighted by atomic mass is 10.2. The summed E-state index contributed by atoms with van der Waals surface area (Å²) in [6.07, 6.45) is 0. The molecule has 0 aliphatic carbocycles. The van der Waals surface area contributed by atoms with Crippen LogP contribution in [0.3, 0.4) is 0 Å². The predicted molar refractivity (Wildman–Crippen MR) is 107 cm³/mol. The molecule has 0 unspecified atom stereocenters. The minimum Gasteiger partial charge on any atom is -0.501 e. The van der Waals surface area contributed by atoms with E-state index in [9.17, 15) is 14.7 Å². The first-order valence-electron chi connectivity index (χ1n) is 8.30. The minimum atomic E-state index is -0.719. The third-order valence-electron chi connectivity index (χ3n) is 4.48. The summed E-state index contributed by atoms with van der Waals surface area (Å²) < 4.78 is 2.81. The Morgan fingerprint density at radius 1 is 1.18 bits per heavy atom. The summed E-state index contributed by atoms with van der Waals surface area (Å²) in [5.41, 5.74) is 0.704. The van der Waals surface area contributed by atoms with E-state index in [4.69, 9.17) is 23.2 Å². The topological polar surface area (TPSA) is 88.6 Å². The molecule has 0 bridgehead atoms. The van der Waals surface area contributed by atoms with Gasteiger partial charge in [0.2, 0.25) is 5.75 Å². The number of nitrogens with zero attached hydrogens (tertiary/aromatic N) is 3. The fourth-order valence-corrected chi connectivity index (χ4v) is 3.40. The van der Waals surface area contributed by atoms with Gasteiger partial charge < -0.3 is 10.4 Å². The molecule has 0 aliphatic heterocycles. The molecule has 28 heavy (non-hydrogen) atoms. The van der Waals surface area contributed by atoms with Crippen LogP contribution in [0.15, 0.2) is 47.3 Å². The smallest absolute Gasteiger partial charge is 0.315 e. The van der Waals surface area contributed by atoms with E-state index in [2.05, 4.69) is 10.3 Å². The first-order valence-corrected chi connectivity index (χ1v) is 9.05. The maximum Gasteiger partial charge on any atom is 0.315 e. The van der Waals surface area contributed by atoms with Gasteiger partial charge in [-0.15, -0.1) is 0 Å². The molecule has 0 radical (unpaired) electrons. The number of rotatable bonds is 3. The summed E-state index contributed by atoms with van der Waals surface area (Å²) in [7, 11) is 1.68. The van der Waals surface area contributed by atoms with Gasteiger partial charge in [0.1, 0.15) is 0 Å². The van der Waals surface area contributed by atoms with E-state index in [1.165, 1.54) is 4.52 Å². The van der Waals surface area contributed by atoms with Crippen LogP contribution in [0.5, 0.6) is 5.75 Å². The highest BCUT2D eigenvalue weighted by molar-refractivity contribution is 6.42. The second-order valence-corrected chi connectivity index (χ2v) is 7.04. The molecule has 2 N–H and O–H groups in total. The highest BCUT2D eigenvalue weighted by Crippen LogP contribution is 2.23. The molecule has 4 rings (SSSR count). The molecule has 7 nitrogen and oxygen atoms in total. The largest absolute Gasteiger partial charge is 0.501 e. The van der Waals surface area contributed by atoms with Gasteiger partial charge in [0.15, 0.2) is 11.3 Å². The maximum absolute atomic E-state index is 12.6. The molecule has 2 aromatic heterocycles. The van der Waals surface area contributed by atoms with Gasteiger partial charge in [0, 0.05) is 19.0 Å². The van der Waals surface area contributed by atoms with Gasteiger partial charge >= 0.3 is 5.56 Å². The van der Waals surface area contributed by atoms with E-state index in [1.807, 2.05) is 18.2 Å². The first kappa shape index (κ1) is 18.3. The molecule has 0 atom stereocenters. The number of hydrogen-bond donors (Lipinski definition) is 2. The van der Waals surface area contributed by atoms with Crippen molar-refractivity contribution in [3.8, 4) is 5.75 Å². The summed E-state index contributed by atoms with van der Waals surface area (Å²) in [6.45, 7) is 0.131. The minimum absolute atomic E-state index is 0.131. The monoisotopic (exact) mass is 416 g/mol. The Morgan fingerprint density at radius 2 is 1.93 bits per heavy atom. The van der Waals surface area contributed by atoms with E-state index in [0.717, 1.165) is 5.52 Å². The van der Waals surface area contributed by atoms with E-state index < -0.39 is 17.2 Å². The molecule has 0 saturated heterocycles. The number of carbonyl (C=O) groups is 1. The molecule has 9 heteroatoms. The number of aromatic hydroxyl groups is 1. The molecule has 0 spiro atoms. The van der Waals surface area contributed by atoms with Crippen molar-refractivity contribution in [1.29, 1.82) is 0 Å². The van der Waals surface area contributed by atoms with Crippen molar-refractivity contribution in [2.75, 3.05) is 0 Å². The summed E-state index contributed by atoms with van der Waals surface area (Å²) in [6, 6.07) is 12.2. The van der Waals surface area contributed by atoms with Crippen molar-refractivity contribution >= 4 is 45.7 Å². The highest BCUT2D eigenvalue weighted by Gasteiger charge is 2.22. The molecule has 2 aromatic carbocycles. The average Bonchev–Trinajstić information content (AvgIpc) is 2.98. The van der Waals surface area contributed by atoms with Crippen LogP contribution in [-0.4, -0.2) is 25.2 Å². The Labute approximate surface area is 168 Å². The van der Waals surface area contributed by atoms with Crippen molar-refractivity contribution in [3.05, 3.63) is 74.1 Å². The third kappa shape index (κ3) is 2.89. The molecule has 4 aromatic rings. The van der Waals surface area contributed by atoms with Crippen molar-refractivity contribution in [3.63, 3.8) is 0 Å². The SMILES string of the molecule is Cn1c2ccccc2c2nc(C(=O)NCc3ccc(Cl)c(Cl)c3)c(O)c(=O)n21. The standard InChI is InChI=1S/C19H14Cl2N4O3/c1-24-14-5-3-2-4-11(14)17-23-15(16(26)19(28)25(17)24)18(27)22-9-10-6-7-12(20)13(21)8-10/h2-8,26H,9H2,1H3,(H,22,27). The normalized spacial score (nSPS) is 11.2. The van der Waals surface area contributed by atoms with E-state index in [0.29, 0.717) is 26.6 Å². The molecule has 0 saturated carbocycles. The van der Waals surface area contributed by atoms with Gasteiger partial charge in [-0.3, -0.25) is 14.3 Å². The Morgan fingerprint density at radius 3 is 2.68 bits per heavy atom. The summed E-state index contributed by atoms with van der Waals surface area (Å²) in [4.78, 5) is 29.5. The zero-order chi connectivity index (χ0) is 20.0. The number of benzene rings is 2. The fourth-order valence-electron chi connectivity index (χ4n) is 3.08. The van der Waals surface area contributed by atoms with Crippen LogP contribution in [0, 0.1) is 0 Å². The second-order valence-electron chi connectivity index (χ2n) is 6.22. The van der Waals surface area contributed by atoms with Gasteiger partial charge in [-0.1, -0.05) is 41.4 Å². The molecule has 2 heterocycles. The second kappa shape index (κ2) is 6.85. The van der Waals surface area contributed by atoms with Crippen LogP contribution in [0.25, 0.3) is 16.6 Å². The van der Waals surface area contributed by atoms with Gasteiger partial charge in [0.25, 0.3) is 5.91 Å². The quantitative estimate of drug-likeness (QED) is 0.536. The first-order chi connectivity index (χ1) is 13.4. The van der Waals surface area contributed by atoms with Gasteiger partial charge in [-0.2, -0.15) is 4.52 Å². The van der Waals surface area contributed by atoms with Crippen LogP contribution in [-0.2, 0) is 13.6 Å². The number of carbonyl (C=O) groups excluding carboxylic acids is 1. The summed E-state index contributed by atoms with van der Waals surface area (Å²) in [5.74, 6) is -1.38. The van der Waals surface area contributed by atoms with Crippen molar-refractivity contribution < 1.29 is 9.90 Å². The Kier molecular flexibility index (Phi) is 4.49. The van der Waals surface area contributed by atoms with Crippen LogP contribution >= 0.6 is 23.2 Å². The molecular formula is C19H14Cl2N4O3. The fraction of sp³-hybridized carbons (Fsp3) is 0.105. The summed E-state index contributed by atoms with van der Waals surface area (Å²) >= 11 is 11.9. The number of hydrogen-bond acceptors (Lipinski definition) is 4. The number of aromatic nitrogens is 3. The molecule has 142 valence electrons. The number of aryl methyl sites for hydroxylation is 1. The van der Waals surface area contributed by atoms with Gasteiger partial charge in [0.05, 0.1) is 15.6 Å². The van der Waals surface area contributed by atoms with Crippen LogP contribution in [0.2, 0.25) is 10.0 Å². The highest BCUT2D eigenvalue weighted by atomic mass is 35.5. The lowest BCUT2D eigenvalue weighted by Gasteiger charge is -2.08. The lowest BCUT2D eigenvalue weighted by Crippen LogP contribution is -2.28. The van der Waals surface area contributed by atoms with Gasteiger partial charge in [-0.05, 0) is 29.8 Å². The molecule has 0 fully saturated rings. The zero-order valence-electron chi connectivity index (χ0n) is 14.6.